The van der Waals surface area contributed by atoms with E-state index in [0.717, 1.165) is 11.1 Å². The molecule has 0 aromatic heterocycles. The topological polar surface area (TPSA) is 64.6 Å². The van der Waals surface area contributed by atoms with Crippen molar-refractivity contribution in [3.05, 3.63) is 71.8 Å². The van der Waals surface area contributed by atoms with Crippen LogP contribution in [0.3, 0.4) is 0 Å². The molecule has 0 fully saturated rings. The van der Waals surface area contributed by atoms with E-state index in [1.165, 1.54) is 6.08 Å². The third-order valence-corrected chi connectivity index (χ3v) is 3.72. The SMILES string of the molecule is CCOC(=O)C(Cc1ccccc1)NC(=O)C=Cc1ccccc1OC. The molecular weight excluding hydrogens is 330 g/mol. The van der Waals surface area contributed by atoms with Crippen LogP contribution in [0.15, 0.2) is 60.7 Å². The highest BCUT2D eigenvalue weighted by molar-refractivity contribution is 5.95. The Morgan fingerprint density at radius 2 is 1.77 bits per heavy atom. The van der Waals surface area contributed by atoms with Gasteiger partial charge in [0.15, 0.2) is 0 Å². The molecule has 0 spiro atoms. The van der Waals surface area contributed by atoms with Gasteiger partial charge < -0.3 is 14.8 Å². The predicted molar refractivity (Wildman–Crippen MR) is 101 cm³/mol. The molecule has 1 unspecified atom stereocenters. The van der Waals surface area contributed by atoms with E-state index in [1.807, 2.05) is 54.6 Å². The van der Waals surface area contributed by atoms with Crippen molar-refractivity contribution in [3.63, 3.8) is 0 Å². The maximum absolute atomic E-state index is 12.3. The van der Waals surface area contributed by atoms with Crippen LogP contribution in [0.4, 0.5) is 0 Å². The van der Waals surface area contributed by atoms with Gasteiger partial charge in [-0.1, -0.05) is 48.5 Å². The maximum atomic E-state index is 12.3. The molecule has 0 radical (unpaired) electrons. The Bertz CT molecular complexity index is 756. The minimum absolute atomic E-state index is 0.261. The second kappa shape index (κ2) is 10.0. The summed E-state index contributed by atoms with van der Waals surface area (Å²) in [5.41, 5.74) is 1.72. The molecule has 1 N–H and O–H groups in total. The lowest BCUT2D eigenvalue weighted by Crippen LogP contribution is -2.42. The van der Waals surface area contributed by atoms with E-state index in [-0.39, 0.29) is 12.5 Å². The molecule has 0 saturated heterocycles. The Labute approximate surface area is 153 Å². The van der Waals surface area contributed by atoms with Crippen molar-refractivity contribution in [2.75, 3.05) is 13.7 Å². The van der Waals surface area contributed by atoms with E-state index >= 15 is 0 Å². The van der Waals surface area contributed by atoms with Crippen LogP contribution < -0.4 is 10.1 Å². The fourth-order valence-corrected chi connectivity index (χ4v) is 2.48. The number of hydrogen-bond acceptors (Lipinski definition) is 4. The zero-order valence-corrected chi connectivity index (χ0v) is 15.0. The standard InChI is InChI=1S/C21H23NO4/c1-3-26-21(24)18(15-16-9-5-4-6-10-16)22-20(23)14-13-17-11-7-8-12-19(17)25-2/h4-14,18H,3,15H2,1-2H3,(H,22,23). The molecule has 5 nitrogen and oxygen atoms in total. The Balaban J connectivity index is 2.07. The van der Waals surface area contributed by atoms with E-state index in [2.05, 4.69) is 5.32 Å². The number of amides is 1. The van der Waals surface area contributed by atoms with Gasteiger partial charge >= 0.3 is 5.97 Å². The number of hydrogen-bond donors (Lipinski definition) is 1. The van der Waals surface area contributed by atoms with Crippen molar-refractivity contribution in [1.29, 1.82) is 0 Å². The van der Waals surface area contributed by atoms with Crippen LogP contribution in [-0.4, -0.2) is 31.6 Å². The number of methoxy groups -OCH3 is 1. The van der Waals surface area contributed by atoms with Crippen molar-refractivity contribution < 1.29 is 19.1 Å². The summed E-state index contributed by atoms with van der Waals surface area (Å²) in [6, 6.07) is 16.1. The average molecular weight is 353 g/mol. The molecule has 1 atom stereocenters. The van der Waals surface area contributed by atoms with Gasteiger partial charge in [0.05, 0.1) is 13.7 Å². The van der Waals surface area contributed by atoms with Gasteiger partial charge in [0.2, 0.25) is 5.91 Å². The van der Waals surface area contributed by atoms with E-state index in [1.54, 1.807) is 20.1 Å². The Morgan fingerprint density at radius 3 is 2.46 bits per heavy atom. The van der Waals surface area contributed by atoms with Crippen molar-refractivity contribution in [1.82, 2.24) is 5.32 Å². The minimum Gasteiger partial charge on any atom is -0.496 e. The van der Waals surface area contributed by atoms with Crippen molar-refractivity contribution >= 4 is 18.0 Å². The number of carbonyl (C=O) groups excluding carboxylic acids is 2. The van der Waals surface area contributed by atoms with Crippen LogP contribution in [0.5, 0.6) is 5.75 Å². The second-order valence-corrected chi connectivity index (χ2v) is 5.58. The first-order valence-electron chi connectivity index (χ1n) is 8.46. The zero-order chi connectivity index (χ0) is 18.8. The van der Waals surface area contributed by atoms with Gasteiger partial charge in [-0.15, -0.1) is 0 Å². The lowest BCUT2D eigenvalue weighted by Gasteiger charge is -2.16. The van der Waals surface area contributed by atoms with Gasteiger partial charge in [0.1, 0.15) is 11.8 Å². The first kappa shape index (κ1) is 19.2. The molecule has 26 heavy (non-hydrogen) atoms. The number of rotatable bonds is 8. The van der Waals surface area contributed by atoms with Crippen LogP contribution in [0.2, 0.25) is 0 Å². The fraction of sp³-hybridized carbons (Fsp3) is 0.238. The monoisotopic (exact) mass is 353 g/mol. The summed E-state index contributed by atoms with van der Waals surface area (Å²) >= 11 is 0. The van der Waals surface area contributed by atoms with E-state index in [9.17, 15) is 9.59 Å². The second-order valence-electron chi connectivity index (χ2n) is 5.58. The molecule has 0 bridgehead atoms. The van der Waals surface area contributed by atoms with Crippen LogP contribution in [0.1, 0.15) is 18.1 Å². The third-order valence-electron chi connectivity index (χ3n) is 3.72. The number of benzene rings is 2. The molecule has 5 heteroatoms. The third kappa shape index (κ3) is 5.77. The first-order chi connectivity index (χ1) is 12.6. The number of carbonyl (C=O) groups is 2. The number of para-hydroxylation sites is 1. The van der Waals surface area contributed by atoms with Gasteiger partial charge in [-0.3, -0.25) is 4.79 Å². The lowest BCUT2D eigenvalue weighted by atomic mass is 10.1. The average Bonchev–Trinajstić information content (AvgIpc) is 2.67. The van der Waals surface area contributed by atoms with E-state index in [4.69, 9.17) is 9.47 Å². The molecular formula is C21H23NO4. The smallest absolute Gasteiger partial charge is 0.328 e. The molecule has 0 aliphatic heterocycles. The van der Waals surface area contributed by atoms with Gasteiger partial charge in [-0.2, -0.15) is 0 Å². The van der Waals surface area contributed by atoms with Crippen molar-refractivity contribution in [3.8, 4) is 5.75 Å². The molecule has 2 aromatic carbocycles. The molecule has 0 aliphatic rings. The largest absolute Gasteiger partial charge is 0.496 e. The summed E-state index contributed by atoms with van der Waals surface area (Å²) in [4.78, 5) is 24.5. The number of esters is 1. The highest BCUT2D eigenvalue weighted by Gasteiger charge is 2.21. The summed E-state index contributed by atoms with van der Waals surface area (Å²) in [6.45, 7) is 2.00. The highest BCUT2D eigenvalue weighted by atomic mass is 16.5. The summed E-state index contributed by atoms with van der Waals surface area (Å²) in [6.07, 6.45) is 3.40. The van der Waals surface area contributed by atoms with Gasteiger partial charge in [-0.05, 0) is 24.6 Å². The van der Waals surface area contributed by atoms with Crippen molar-refractivity contribution in [2.24, 2.45) is 0 Å². The van der Waals surface area contributed by atoms with Crippen LogP contribution in [-0.2, 0) is 20.7 Å². The van der Waals surface area contributed by atoms with Crippen LogP contribution in [0.25, 0.3) is 6.08 Å². The maximum Gasteiger partial charge on any atom is 0.328 e. The highest BCUT2D eigenvalue weighted by Crippen LogP contribution is 2.18. The predicted octanol–water partition coefficient (Wildman–Crippen LogP) is 3.00. The van der Waals surface area contributed by atoms with Gasteiger partial charge in [0.25, 0.3) is 0 Å². The molecule has 0 heterocycles. The Kier molecular flexibility index (Phi) is 7.43. The molecule has 2 aromatic rings. The molecule has 2 rings (SSSR count). The summed E-state index contributed by atoms with van der Waals surface area (Å²) in [5, 5.41) is 2.72. The van der Waals surface area contributed by atoms with Crippen LogP contribution in [0, 0.1) is 0 Å². The van der Waals surface area contributed by atoms with Crippen molar-refractivity contribution in [2.45, 2.75) is 19.4 Å². The van der Waals surface area contributed by atoms with E-state index in [0.29, 0.717) is 12.2 Å². The number of nitrogens with one attached hydrogen (secondary N) is 1. The van der Waals surface area contributed by atoms with Gasteiger partial charge in [0, 0.05) is 18.1 Å². The lowest BCUT2D eigenvalue weighted by molar-refractivity contribution is -0.146. The summed E-state index contributed by atoms with van der Waals surface area (Å²) in [5.74, 6) is -0.150. The Morgan fingerprint density at radius 1 is 1.08 bits per heavy atom. The van der Waals surface area contributed by atoms with E-state index < -0.39 is 12.0 Å². The molecule has 0 saturated carbocycles. The van der Waals surface area contributed by atoms with Gasteiger partial charge in [-0.25, -0.2) is 4.79 Å². The molecule has 0 aliphatic carbocycles. The number of ether oxygens (including phenoxy) is 2. The fourth-order valence-electron chi connectivity index (χ4n) is 2.48. The zero-order valence-electron chi connectivity index (χ0n) is 15.0. The van der Waals surface area contributed by atoms with Crippen LogP contribution >= 0.6 is 0 Å². The minimum atomic E-state index is -0.743. The summed E-state index contributed by atoms with van der Waals surface area (Å²) < 4.78 is 10.3. The quantitative estimate of drug-likeness (QED) is 0.585. The molecule has 136 valence electrons. The molecule has 1 amide bonds. The normalized spacial score (nSPS) is 11.8. The Hall–Kier alpha value is -3.08. The summed E-state index contributed by atoms with van der Waals surface area (Å²) in [7, 11) is 1.57. The first-order valence-corrected chi connectivity index (χ1v) is 8.46.